The predicted octanol–water partition coefficient (Wildman–Crippen LogP) is 6.71. The highest BCUT2D eigenvalue weighted by atomic mass is 35.5. The molecule has 0 radical (unpaired) electrons. The van der Waals surface area contributed by atoms with Gasteiger partial charge in [0, 0.05) is 12.9 Å². The summed E-state index contributed by atoms with van der Waals surface area (Å²) >= 11 is 11.3. The van der Waals surface area contributed by atoms with E-state index in [1.165, 1.54) is 38.5 Å². The lowest BCUT2D eigenvalue weighted by Gasteiger charge is -2.09. The number of primary amides is 1. The van der Waals surface area contributed by atoms with E-state index in [0.29, 0.717) is 10.6 Å². The third kappa shape index (κ3) is 12.7. The molecule has 0 aliphatic heterocycles. The van der Waals surface area contributed by atoms with Crippen LogP contribution in [0.25, 0.3) is 0 Å². The smallest absolute Gasteiger partial charge is 0.240 e. The largest absolute Gasteiger partial charge is 0.368 e. The molecule has 0 saturated heterocycles. The monoisotopic (exact) mass is 406 g/mol. The van der Waals surface area contributed by atoms with Crippen LogP contribution in [-0.2, 0) is 4.79 Å². The van der Waals surface area contributed by atoms with Gasteiger partial charge in [-0.05, 0) is 37.0 Å². The van der Waals surface area contributed by atoms with Crippen LogP contribution in [0.3, 0.4) is 0 Å². The molecule has 0 saturated carbocycles. The standard InChI is InChI=1S/C12H27P.C8H7Cl2NO/c1-4-7-10-13(11-8-5-2)12-9-6-3;9-6-3-1-5(2-4-6)7(10)8(11)12/h4-12H2,1-3H3;1-4,7H,(H2,11,12)/p+1. The van der Waals surface area contributed by atoms with Crippen molar-refractivity contribution in [2.45, 2.75) is 64.7 Å². The van der Waals surface area contributed by atoms with Gasteiger partial charge in [0.05, 0.1) is 18.5 Å². The van der Waals surface area contributed by atoms with Crippen LogP contribution in [0, 0.1) is 0 Å². The highest BCUT2D eigenvalue weighted by Gasteiger charge is 2.13. The number of alkyl halides is 1. The van der Waals surface area contributed by atoms with E-state index in [4.69, 9.17) is 28.9 Å². The third-order valence-electron chi connectivity index (χ3n) is 4.06. The summed E-state index contributed by atoms with van der Waals surface area (Å²) in [5.74, 6) is -0.556. The van der Waals surface area contributed by atoms with Gasteiger partial charge in [0.2, 0.25) is 5.91 Å². The lowest BCUT2D eigenvalue weighted by Crippen LogP contribution is -2.16. The van der Waals surface area contributed by atoms with Crippen molar-refractivity contribution in [3.05, 3.63) is 34.9 Å². The molecule has 1 atom stereocenters. The average molecular weight is 407 g/mol. The second-order valence-corrected chi connectivity index (χ2v) is 10.3. The number of nitrogens with two attached hydrogens (primary N) is 1. The topological polar surface area (TPSA) is 43.1 Å². The van der Waals surface area contributed by atoms with Crippen LogP contribution in [0.2, 0.25) is 5.02 Å². The molecule has 0 aliphatic carbocycles. The van der Waals surface area contributed by atoms with E-state index >= 15 is 0 Å². The fraction of sp³-hybridized carbons (Fsp3) is 0.650. The van der Waals surface area contributed by atoms with Crippen molar-refractivity contribution in [3.63, 3.8) is 0 Å². The zero-order chi connectivity index (χ0) is 19.1. The molecule has 1 unspecified atom stereocenters. The van der Waals surface area contributed by atoms with E-state index in [0.717, 1.165) is 0 Å². The molecule has 1 aromatic carbocycles. The Morgan fingerprint density at radius 3 is 1.68 bits per heavy atom. The van der Waals surface area contributed by atoms with E-state index in [2.05, 4.69) is 20.8 Å². The first-order valence-corrected chi connectivity index (χ1v) is 12.4. The molecule has 0 aromatic heterocycles. The number of amides is 1. The van der Waals surface area contributed by atoms with Gasteiger partial charge in [0.15, 0.2) is 0 Å². The van der Waals surface area contributed by atoms with Gasteiger partial charge < -0.3 is 5.73 Å². The maximum atomic E-state index is 10.6. The number of carbonyl (C=O) groups is 1. The molecule has 0 heterocycles. The summed E-state index contributed by atoms with van der Waals surface area (Å²) in [7, 11) is 0.0675. The molecule has 0 aliphatic rings. The van der Waals surface area contributed by atoms with Gasteiger partial charge in [-0.2, -0.15) is 0 Å². The van der Waals surface area contributed by atoms with Crippen molar-refractivity contribution in [1.29, 1.82) is 0 Å². The molecule has 0 fully saturated rings. The molecular formula is C20H35Cl2NOP+. The summed E-state index contributed by atoms with van der Waals surface area (Å²) in [4.78, 5) is 10.6. The van der Waals surface area contributed by atoms with E-state index in [9.17, 15) is 4.79 Å². The predicted molar refractivity (Wildman–Crippen MR) is 117 cm³/mol. The van der Waals surface area contributed by atoms with Crippen LogP contribution >= 0.6 is 31.1 Å². The minimum atomic E-state index is -0.776. The Bertz CT molecular complexity index is 434. The van der Waals surface area contributed by atoms with Crippen molar-refractivity contribution >= 4 is 37.0 Å². The Kier molecular flexibility index (Phi) is 15.7. The van der Waals surface area contributed by atoms with Gasteiger partial charge in [-0.1, -0.05) is 63.8 Å². The van der Waals surface area contributed by atoms with Crippen molar-refractivity contribution in [2.24, 2.45) is 5.73 Å². The summed E-state index contributed by atoms with van der Waals surface area (Å²) in [6.45, 7) is 6.96. The van der Waals surface area contributed by atoms with Crippen LogP contribution < -0.4 is 5.73 Å². The van der Waals surface area contributed by atoms with Crippen molar-refractivity contribution in [2.75, 3.05) is 18.5 Å². The maximum absolute atomic E-state index is 10.6. The Morgan fingerprint density at radius 1 is 0.960 bits per heavy atom. The molecule has 2 nitrogen and oxygen atoms in total. The Morgan fingerprint density at radius 2 is 1.36 bits per heavy atom. The molecule has 1 aromatic rings. The number of rotatable bonds is 11. The van der Waals surface area contributed by atoms with Gasteiger partial charge in [0.1, 0.15) is 5.38 Å². The van der Waals surface area contributed by atoms with Crippen LogP contribution in [-0.4, -0.2) is 24.4 Å². The fourth-order valence-electron chi connectivity index (χ4n) is 2.45. The molecule has 1 amide bonds. The van der Waals surface area contributed by atoms with Crippen LogP contribution in [0.5, 0.6) is 0 Å². The van der Waals surface area contributed by atoms with Crippen molar-refractivity contribution < 1.29 is 4.79 Å². The normalized spacial score (nSPS) is 11.8. The van der Waals surface area contributed by atoms with E-state index in [-0.39, 0.29) is 7.92 Å². The SMILES string of the molecule is CCCC[PH+](CCCC)CCCC.NC(=O)C(Cl)c1ccc(Cl)cc1. The highest BCUT2D eigenvalue weighted by molar-refractivity contribution is 7.57. The van der Waals surface area contributed by atoms with Crippen LogP contribution in [0.15, 0.2) is 24.3 Å². The van der Waals surface area contributed by atoms with Gasteiger partial charge >= 0.3 is 0 Å². The molecule has 0 spiro atoms. The second-order valence-electron chi connectivity index (χ2n) is 6.38. The Labute approximate surface area is 165 Å². The first-order chi connectivity index (χ1) is 12.0. The number of benzene rings is 1. The maximum Gasteiger partial charge on any atom is 0.240 e. The minimum Gasteiger partial charge on any atom is -0.368 e. The van der Waals surface area contributed by atoms with Crippen LogP contribution in [0.1, 0.15) is 70.2 Å². The molecule has 144 valence electrons. The molecular weight excluding hydrogens is 372 g/mol. The molecule has 0 bridgehead atoms. The van der Waals surface area contributed by atoms with Gasteiger partial charge in [-0.15, -0.1) is 11.6 Å². The van der Waals surface area contributed by atoms with Gasteiger partial charge in [-0.25, -0.2) is 0 Å². The number of unbranched alkanes of at least 4 members (excludes halogenated alkanes) is 3. The van der Waals surface area contributed by atoms with Crippen LogP contribution in [0.4, 0.5) is 0 Å². The summed E-state index contributed by atoms with van der Waals surface area (Å²) in [5.41, 5.74) is 5.66. The number of halogens is 2. The molecule has 2 N–H and O–H groups in total. The molecule has 1 rings (SSSR count). The molecule has 5 heteroatoms. The molecule has 25 heavy (non-hydrogen) atoms. The number of carbonyl (C=O) groups excluding carboxylic acids is 1. The van der Waals surface area contributed by atoms with Crippen molar-refractivity contribution in [3.8, 4) is 0 Å². The van der Waals surface area contributed by atoms with Gasteiger partial charge in [0.25, 0.3) is 0 Å². The zero-order valence-electron chi connectivity index (χ0n) is 16.0. The third-order valence-corrected chi connectivity index (χ3v) is 7.97. The lowest BCUT2D eigenvalue weighted by atomic mass is 10.1. The average Bonchev–Trinajstić information content (AvgIpc) is 2.61. The Hall–Kier alpha value is -0.300. The second kappa shape index (κ2) is 15.9. The summed E-state index contributed by atoms with van der Waals surface area (Å²) in [6, 6.07) is 6.67. The fourth-order valence-corrected chi connectivity index (χ4v) is 6.03. The summed E-state index contributed by atoms with van der Waals surface area (Å²) in [5, 5.41) is -0.172. The first kappa shape index (κ1) is 24.7. The van der Waals surface area contributed by atoms with Gasteiger partial charge in [-0.3, -0.25) is 4.79 Å². The van der Waals surface area contributed by atoms with E-state index < -0.39 is 11.3 Å². The zero-order valence-corrected chi connectivity index (χ0v) is 18.5. The summed E-state index contributed by atoms with van der Waals surface area (Å²) < 4.78 is 0. The lowest BCUT2D eigenvalue weighted by molar-refractivity contribution is -0.117. The Balaban J connectivity index is 0.000000462. The number of hydrogen-bond donors (Lipinski definition) is 1. The number of hydrogen-bond acceptors (Lipinski definition) is 1. The van der Waals surface area contributed by atoms with Crippen molar-refractivity contribution in [1.82, 2.24) is 0 Å². The minimum absolute atomic E-state index is 0.0675. The summed E-state index contributed by atoms with van der Waals surface area (Å²) in [6.07, 6.45) is 13.4. The van der Waals surface area contributed by atoms with E-state index in [1.54, 1.807) is 42.8 Å². The highest BCUT2D eigenvalue weighted by Crippen LogP contribution is 2.38. The van der Waals surface area contributed by atoms with E-state index in [1.807, 2.05) is 0 Å². The quantitative estimate of drug-likeness (QED) is 0.322. The first-order valence-electron chi connectivity index (χ1n) is 9.48.